The van der Waals surface area contributed by atoms with E-state index < -0.39 is 29.4 Å². The number of nitrogens with zero attached hydrogens (tertiary/aromatic N) is 7. The van der Waals surface area contributed by atoms with Gasteiger partial charge in [-0.3, -0.25) is 13.9 Å². The molecule has 0 saturated heterocycles. The molecule has 6 rings (SSSR count). The van der Waals surface area contributed by atoms with E-state index in [1.165, 1.54) is 24.0 Å². The van der Waals surface area contributed by atoms with Gasteiger partial charge < -0.3 is 15.0 Å². The number of nitrogens with one attached hydrogen (secondary N) is 1. The Balaban J connectivity index is 1.39. The highest BCUT2D eigenvalue weighted by Crippen LogP contribution is 2.37. The van der Waals surface area contributed by atoms with Crippen molar-refractivity contribution < 1.29 is 22.7 Å². The summed E-state index contributed by atoms with van der Waals surface area (Å²) in [7, 11) is 1.47. The Morgan fingerprint density at radius 1 is 1.16 bits per heavy atom. The van der Waals surface area contributed by atoms with Crippen molar-refractivity contribution in [3.05, 3.63) is 76.6 Å². The fourth-order valence-electron chi connectivity index (χ4n) is 5.19. The third-order valence-electron chi connectivity index (χ3n) is 7.12. The minimum Gasteiger partial charge on any atom is -0.375 e. The Bertz CT molecular complexity index is 1950. The van der Waals surface area contributed by atoms with Gasteiger partial charge in [0, 0.05) is 36.6 Å². The first kappa shape index (κ1) is 28.2. The van der Waals surface area contributed by atoms with Gasteiger partial charge in [-0.05, 0) is 45.0 Å². The van der Waals surface area contributed by atoms with Gasteiger partial charge in [-0.15, -0.1) is 10.2 Å². The van der Waals surface area contributed by atoms with E-state index in [0.29, 0.717) is 47.0 Å². The molecule has 10 nitrogen and oxygen atoms in total. The lowest BCUT2D eigenvalue weighted by Gasteiger charge is -2.25. The summed E-state index contributed by atoms with van der Waals surface area (Å²) in [6.07, 6.45) is -1.64. The van der Waals surface area contributed by atoms with E-state index in [9.17, 15) is 13.6 Å². The maximum absolute atomic E-state index is 15.4. The molecule has 3 aromatic heterocycles. The van der Waals surface area contributed by atoms with Gasteiger partial charge >= 0.3 is 0 Å². The number of fused-ring (bicyclic) bond motifs is 4. The van der Waals surface area contributed by atoms with Crippen molar-refractivity contribution in [2.24, 2.45) is 7.05 Å². The standard InChI is InChI=1S/C30H27F3N8O2/c1-17-36-37-29-34-27(24-21(31)8-6-10-23(24)41(17)29)40-13-14-43-16-20-18(7-5-9-22(20)40)11-12-30(2,3)35-28(42)19-15-39(4)38-25(19)26(32)33/h5-10,15,26H,13-14,16H2,1-4H3,(H,35,42). The van der Waals surface area contributed by atoms with Crippen LogP contribution in [0, 0.1) is 24.6 Å². The number of hydrogen-bond acceptors (Lipinski definition) is 7. The zero-order chi connectivity index (χ0) is 30.5. The van der Waals surface area contributed by atoms with Crippen molar-refractivity contribution in [1.82, 2.24) is 34.7 Å². The molecular weight excluding hydrogens is 561 g/mol. The van der Waals surface area contributed by atoms with Crippen molar-refractivity contribution in [3.63, 3.8) is 0 Å². The molecule has 43 heavy (non-hydrogen) atoms. The number of hydrogen-bond donors (Lipinski definition) is 1. The molecule has 0 aliphatic carbocycles. The number of aryl methyl sites for hydroxylation is 2. The second-order valence-corrected chi connectivity index (χ2v) is 10.7. The molecule has 5 aromatic rings. The van der Waals surface area contributed by atoms with Crippen molar-refractivity contribution >= 4 is 34.1 Å². The van der Waals surface area contributed by atoms with E-state index in [1.54, 1.807) is 37.3 Å². The molecule has 0 saturated carbocycles. The first-order valence-corrected chi connectivity index (χ1v) is 13.5. The van der Waals surface area contributed by atoms with Gasteiger partial charge in [-0.2, -0.15) is 10.1 Å². The summed E-state index contributed by atoms with van der Waals surface area (Å²) in [5.41, 5.74) is 0.823. The molecule has 13 heteroatoms. The van der Waals surface area contributed by atoms with Gasteiger partial charge in [0.05, 0.1) is 35.2 Å². The SMILES string of the molecule is Cc1nnc2nc(N3CCOCc4c(C#CC(C)(C)NC(=O)c5cn(C)nc5C(F)F)cccc43)c3c(F)cccc3n12. The summed E-state index contributed by atoms with van der Waals surface area (Å²) in [6, 6.07) is 10.4. The molecule has 220 valence electrons. The molecule has 1 aliphatic rings. The number of alkyl halides is 2. The predicted molar refractivity (Wildman–Crippen MR) is 153 cm³/mol. The average molecular weight is 589 g/mol. The van der Waals surface area contributed by atoms with Crippen molar-refractivity contribution in [3.8, 4) is 11.8 Å². The van der Waals surface area contributed by atoms with E-state index >= 15 is 4.39 Å². The molecule has 4 heterocycles. The maximum atomic E-state index is 15.4. The van der Waals surface area contributed by atoms with E-state index in [1.807, 2.05) is 23.1 Å². The number of benzene rings is 2. The second kappa shape index (κ2) is 10.7. The topological polar surface area (TPSA) is 102 Å². The van der Waals surface area contributed by atoms with Crippen LogP contribution in [0.1, 0.15) is 53.3 Å². The van der Waals surface area contributed by atoms with Crippen molar-refractivity contribution in [2.75, 3.05) is 18.1 Å². The van der Waals surface area contributed by atoms with Crippen LogP contribution in [-0.4, -0.2) is 54.0 Å². The first-order valence-electron chi connectivity index (χ1n) is 13.5. The molecule has 1 aliphatic heterocycles. The number of carbonyl (C=O) groups excluding carboxylic acids is 1. The van der Waals surface area contributed by atoms with Crippen LogP contribution in [0.15, 0.2) is 42.6 Å². The lowest BCUT2D eigenvalue weighted by Crippen LogP contribution is -2.42. The summed E-state index contributed by atoms with van der Waals surface area (Å²) >= 11 is 0. The minimum atomic E-state index is -2.89. The minimum absolute atomic E-state index is 0.211. The molecular formula is C30H27F3N8O2. The van der Waals surface area contributed by atoms with Gasteiger partial charge in [0.2, 0.25) is 0 Å². The fourth-order valence-corrected chi connectivity index (χ4v) is 5.19. The Labute approximate surface area is 244 Å². The third kappa shape index (κ3) is 5.14. The van der Waals surface area contributed by atoms with Gasteiger partial charge in [-0.1, -0.05) is 24.0 Å². The molecule has 0 bridgehead atoms. The number of anilines is 2. The van der Waals surface area contributed by atoms with E-state index in [4.69, 9.17) is 9.72 Å². The highest BCUT2D eigenvalue weighted by Gasteiger charge is 2.28. The Morgan fingerprint density at radius 3 is 2.74 bits per heavy atom. The Morgan fingerprint density at radius 2 is 1.95 bits per heavy atom. The van der Waals surface area contributed by atoms with Crippen molar-refractivity contribution in [1.29, 1.82) is 0 Å². The van der Waals surface area contributed by atoms with Crippen LogP contribution in [0.25, 0.3) is 16.7 Å². The number of amides is 1. The predicted octanol–water partition coefficient (Wildman–Crippen LogP) is 4.62. The third-order valence-corrected chi connectivity index (χ3v) is 7.12. The van der Waals surface area contributed by atoms with Crippen LogP contribution < -0.4 is 10.2 Å². The molecule has 0 unspecified atom stereocenters. The first-order chi connectivity index (χ1) is 20.5. The monoisotopic (exact) mass is 588 g/mol. The number of rotatable bonds is 4. The highest BCUT2D eigenvalue weighted by molar-refractivity contribution is 5.96. The maximum Gasteiger partial charge on any atom is 0.282 e. The number of halogens is 3. The van der Waals surface area contributed by atoms with Crippen LogP contribution in [0.4, 0.5) is 24.7 Å². The van der Waals surface area contributed by atoms with Crippen LogP contribution in [0.2, 0.25) is 0 Å². The largest absolute Gasteiger partial charge is 0.375 e. The summed E-state index contributed by atoms with van der Waals surface area (Å²) in [5.74, 6) is 6.36. The number of aromatic nitrogens is 6. The molecule has 0 spiro atoms. The van der Waals surface area contributed by atoms with Crippen LogP contribution in [-0.2, 0) is 18.4 Å². The van der Waals surface area contributed by atoms with E-state index in [-0.39, 0.29) is 12.2 Å². The zero-order valence-electron chi connectivity index (χ0n) is 23.8. The van der Waals surface area contributed by atoms with Gasteiger partial charge in [0.15, 0.2) is 0 Å². The molecule has 1 N–H and O–H groups in total. The van der Waals surface area contributed by atoms with Crippen molar-refractivity contribution in [2.45, 2.75) is 39.3 Å². The lowest BCUT2D eigenvalue weighted by molar-refractivity contribution is 0.0915. The summed E-state index contributed by atoms with van der Waals surface area (Å²) in [5, 5.41) is 15.1. The van der Waals surface area contributed by atoms with E-state index in [2.05, 4.69) is 32.5 Å². The molecule has 0 fully saturated rings. The average Bonchev–Trinajstić information content (AvgIpc) is 3.47. The molecule has 0 atom stereocenters. The summed E-state index contributed by atoms with van der Waals surface area (Å²) in [6.45, 7) is 6.11. The van der Waals surface area contributed by atoms with Gasteiger partial charge in [0.25, 0.3) is 18.1 Å². The van der Waals surface area contributed by atoms with Crippen LogP contribution >= 0.6 is 0 Å². The normalized spacial score (nSPS) is 13.6. The number of ether oxygens (including phenoxy) is 1. The van der Waals surface area contributed by atoms with E-state index in [0.717, 1.165) is 11.3 Å². The summed E-state index contributed by atoms with van der Waals surface area (Å²) < 4.78 is 51.0. The molecule has 0 radical (unpaired) electrons. The zero-order valence-corrected chi connectivity index (χ0v) is 23.8. The molecule has 1 amide bonds. The van der Waals surface area contributed by atoms with Gasteiger partial charge in [0.1, 0.15) is 23.2 Å². The molecule has 2 aromatic carbocycles. The quantitative estimate of drug-likeness (QED) is 0.306. The van der Waals surface area contributed by atoms with Crippen LogP contribution in [0.5, 0.6) is 0 Å². The lowest BCUT2D eigenvalue weighted by atomic mass is 10.0. The second-order valence-electron chi connectivity index (χ2n) is 10.7. The Kier molecular flexibility index (Phi) is 7.01. The smallest absolute Gasteiger partial charge is 0.282 e. The fraction of sp³-hybridized carbons (Fsp3) is 0.300. The Hall–Kier alpha value is -4.96. The van der Waals surface area contributed by atoms with Crippen LogP contribution in [0.3, 0.4) is 0 Å². The summed E-state index contributed by atoms with van der Waals surface area (Å²) in [4.78, 5) is 19.5. The highest BCUT2D eigenvalue weighted by atomic mass is 19.3. The number of carbonyl (C=O) groups is 1. The van der Waals surface area contributed by atoms with Gasteiger partial charge in [-0.25, -0.2) is 13.2 Å².